The van der Waals surface area contributed by atoms with Gasteiger partial charge in [-0.15, -0.1) is 0 Å². The Balaban J connectivity index is 2.75. The summed E-state index contributed by atoms with van der Waals surface area (Å²) in [5, 5.41) is 8.61. The standard InChI is InChI=1S/C12H19N3O/c1-3-15(8-4-7-13)11(9-14)12-6-5-10(2)16-12/h5-6,11H,3-4,8-9,14H2,1-2H3. The number of nitriles is 1. The Hall–Kier alpha value is -1.31. The molecular formula is C12H19N3O. The average Bonchev–Trinajstić information content (AvgIpc) is 2.70. The Morgan fingerprint density at radius 1 is 1.56 bits per heavy atom. The van der Waals surface area contributed by atoms with Gasteiger partial charge in [-0.2, -0.15) is 5.26 Å². The summed E-state index contributed by atoms with van der Waals surface area (Å²) in [4.78, 5) is 2.17. The molecule has 0 radical (unpaired) electrons. The van der Waals surface area contributed by atoms with Gasteiger partial charge in [0.25, 0.3) is 0 Å². The van der Waals surface area contributed by atoms with Crippen LogP contribution in [0.5, 0.6) is 0 Å². The number of hydrogen-bond donors (Lipinski definition) is 1. The second-order valence-corrected chi connectivity index (χ2v) is 3.74. The molecule has 0 aliphatic carbocycles. The lowest BCUT2D eigenvalue weighted by atomic mass is 10.2. The fourth-order valence-electron chi connectivity index (χ4n) is 1.81. The van der Waals surface area contributed by atoms with Gasteiger partial charge in [0, 0.05) is 19.5 Å². The zero-order valence-electron chi connectivity index (χ0n) is 9.94. The third-order valence-corrected chi connectivity index (χ3v) is 2.67. The third-order valence-electron chi connectivity index (χ3n) is 2.67. The second kappa shape index (κ2) is 6.31. The summed E-state index contributed by atoms with van der Waals surface area (Å²) in [7, 11) is 0. The lowest BCUT2D eigenvalue weighted by Crippen LogP contribution is -2.34. The van der Waals surface area contributed by atoms with Gasteiger partial charge in [-0.1, -0.05) is 6.92 Å². The molecule has 0 spiro atoms. The van der Waals surface area contributed by atoms with Crippen molar-refractivity contribution < 1.29 is 4.42 Å². The predicted molar refractivity (Wildman–Crippen MR) is 62.7 cm³/mol. The van der Waals surface area contributed by atoms with Crippen molar-refractivity contribution in [1.29, 1.82) is 5.26 Å². The van der Waals surface area contributed by atoms with Gasteiger partial charge >= 0.3 is 0 Å². The molecule has 2 N–H and O–H groups in total. The quantitative estimate of drug-likeness (QED) is 0.795. The van der Waals surface area contributed by atoms with Crippen molar-refractivity contribution in [3.8, 4) is 6.07 Å². The van der Waals surface area contributed by atoms with Gasteiger partial charge in [0.05, 0.1) is 12.1 Å². The summed E-state index contributed by atoms with van der Waals surface area (Å²) in [6, 6.07) is 6.13. The minimum Gasteiger partial charge on any atom is -0.465 e. The molecule has 0 aliphatic heterocycles. The van der Waals surface area contributed by atoms with Crippen LogP contribution in [0.25, 0.3) is 0 Å². The van der Waals surface area contributed by atoms with E-state index in [1.165, 1.54) is 0 Å². The molecule has 0 amide bonds. The number of nitrogens with two attached hydrogens (primary N) is 1. The van der Waals surface area contributed by atoms with E-state index in [-0.39, 0.29) is 6.04 Å². The molecule has 1 aromatic rings. The highest BCUT2D eigenvalue weighted by atomic mass is 16.3. The van der Waals surface area contributed by atoms with E-state index in [1.54, 1.807) is 0 Å². The average molecular weight is 221 g/mol. The van der Waals surface area contributed by atoms with Crippen LogP contribution in [0, 0.1) is 18.3 Å². The molecule has 0 aromatic carbocycles. The van der Waals surface area contributed by atoms with Gasteiger partial charge in [0.1, 0.15) is 11.5 Å². The largest absolute Gasteiger partial charge is 0.465 e. The van der Waals surface area contributed by atoms with Gasteiger partial charge in [0.15, 0.2) is 0 Å². The van der Waals surface area contributed by atoms with Gasteiger partial charge in [-0.05, 0) is 25.6 Å². The van der Waals surface area contributed by atoms with Crippen LogP contribution in [0.4, 0.5) is 0 Å². The SMILES string of the molecule is CCN(CCC#N)C(CN)c1ccc(C)o1. The summed E-state index contributed by atoms with van der Waals surface area (Å²) in [6.45, 7) is 6.09. The van der Waals surface area contributed by atoms with E-state index in [2.05, 4.69) is 17.9 Å². The van der Waals surface area contributed by atoms with Crippen LogP contribution in [-0.4, -0.2) is 24.5 Å². The molecule has 0 aliphatic rings. The van der Waals surface area contributed by atoms with Crippen molar-refractivity contribution >= 4 is 0 Å². The van der Waals surface area contributed by atoms with Gasteiger partial charge in [-0.25, -0.2) is 0 Å². The van der Waals surface area contributed by atoms with Crippen LogP contribution in [0.3, 0.4) is 0 Å². The fraction of sp³-hybridized carbons (Fsp3) is 0.583. The molecule has 1 aromatic heterocycles. The Morgan fingerprint density at radius 3 is 2.75 bits per heavy atom. The highest BCUT2D eigenvalue weighted by Crippen LogP contribution is 2.21. The monoisotopic (exact) mass is 221 g/mol. The minimum atomic E-state index is 0.0760. The van der Waals surface area contributed by atoms with Crippen molar-refractivity contribution in [2.24, 2.45) is 5.73 Å². The molecule has 0 fully saturated rings. The molecule has 1 rings (SSSR count). The third kappa shape index (κ3) is 3.09. The Kier molecular flexibility index (Phi) is 5.03. The molecule has 1 unspecified atom stereocenters. The van der Waals surface area contributed by atoms with E-state index in [0.29, 0.717) is 13.0 Å². The number of nitrogens with zero attached hydrogens (tertiary/aromatic N) is 2. The second-order valence-electron chi connectivity index (χ2n) is 3.74. The van der Waals surface area contributed by atoms with Crippen molar-refractivity contribution in [2.45, 2.75) is 26.3 Å². The molecule has 0 saturated carbocycles. The van der Waals surface area contributed by atoms with Gasteiger partial charge in [-0.3, -0.25) is 4.90 Å². The van der Waals surface area contributed by atoms with E-state index in [1.807, 2.05) is 19.1 Å². The number of aryl methyl sites for hydroxylation is 1. The van der Waals surface area contributed by atoms with Crippen LogP contribution in [0.15, 0.2) is 16.5 Å². The molecule has 16 heavy (non-hydrogen) atoms. The normalized spacial score (nSPS) is 12.7. The first-order chi connectivity index (χ1) is 7.72. The van der Waals surface area contributed by atoms with E-state index in [9.17, 15) is 0 Å². The first-order valence-electron chi connectivity index (χ1n) is 5.60. The molecule has 0 saturated heterocycles. The molecule has 0 bridgehead atoms. The van der Waals surface area contributed by atoms with Crippen LogP contribution >= 0.6 is 0 Å². The lowest BCUT2D eigenvalue weighted by Gasteiger charge is -2.27. The summed E-state index contributed by atoms with van der Waals surface area (Å²) in [5.41, 5.74) is 5.78. The summed E-state index contributed by atoms with van der Waals surface area (Å²) < 4.78 is 5.59. The molecule has 88 valence electrons. The summed E-state index contributed by atoms with van der Waals surface area (Å²) >= 11 is 0. The van der Waals surface area contributed by atoms with Crippen molar-refractivity contribution in [1.82, 2.24) is 4.90 Å². The maximum absolute atomic E-state index is 8.61. The van der Waals surface area contributed by atoms with E-state index in [4.69, 9.17) is 15.4 Å². The molecule has 1 heterocycles. The van der Waals surface area contributed by atoms with E-state index >= 15 is 0 Å². The molecule has 1 atom stereocenters. The summed E-state index contributed by atoms with van der Waals surface area (Å²) in [6.07, 6.45) is 0.518. The topological polar surface area (TPSA) is 66.2 Å². The van der Waals surface area contributed by atoms with Crippen LogP contribution in [0.1, 0.15) is 30.9 Å². The number of hydrogen-bond acceptors (Lipinski definition) is 4. The van der Waals surface area contributed by atoms with Gasteiger partial charge < -0.3 is 10.2 Å². The van der Waals surface area contributed by atoms with Crippen LogP contribution in [0.2, 0.25) is 0 Å². The zero-order chi connectivity index (χ0) is 12.0. The maximum atomic E-state index is 8.61. The fourth-order valence-corrected chi connectivity index (χ4v) is 1.81. The maximum Gasteiger partial charge on any atom is 0.122 e. The Bertz CT molecular complexity index is 353. The Labute approximate surface area is 96.6 Å². The molecular weight excluding hydrogens is 202 g/mol. The van der Waals surface area contributed by atoms with Crippen molar-refractivity contribution in [3.05, 3.63) is 23.7 Å². The first-order valence-corrected chi connectivity index (χ1v) is 5.60. The highest BCUT2D eigenvalue weighted by Gasteiger charge is 2.20. The summed E-state index contributed by atoms with van der Waals surface area (Å²) in [5.74, 6) is 1.78. The lowest BCUT2D eigenvalue weighted by molar-refractivity contribution is 0.191. The van der Waals surface area contributed by atoms with Crippen molar-refractivity contribution in [2.75, 3.05) is 19.6 Å². The smallest absolute Gasteiger partial charge is 0.122 e. The van der Waals surface area contributed by atoms with Gasteiger partial charge in [0.2, 0.25) is 0 Å². The number of furan rings is 1. The molecule has 4 nitrogen and oxygen atoms in total. The highest BCUT2D eigenvalue weighted by molar-refractivity contribution is 5.10. The van der Waals surface area contributed by atoms with Crippen LogP contribution < -0.4 is 5.73 Å². The number of rotatable bonds is 6. The zero-order valence-corrected chi connectivity index (χ0v) is 9.94. The number of likely N-dealkylation sites (N-methyl/N-ethyl adjacent to an activating group) is 1. The van der Waals surface area contributed by atoms with E-state index in [0.717, 1.165) is 24.6 Å². The predicted octanol–water partition coefficient (Wildman–Crippen LogP) is 1.82. The first kappa shape index (κ1) is 12.8. The van der Waals surface area contributed by atoms with Crippen molar-refractivity contribution in [3.63, 3.8) is 0 Å². The Morgan fingerprint density at radius 2 is 2.31 bits per heavy atom. The molecule has 4 heteroatoms. The minimum absolute atomic E-state index is 0.0760. The van der Waals surface area contributed by atoms with Crippen LogP contribution in [-0.2, 0) is 0 Å². The van der Waals surface area contributed by atoms with E-state index < -0.39 is 0 Å².